The largest absolute Gasteiger partial charge is 0.453 e. The van der Waals surface area contributed by atoms with Gasteiger partial charge in [0.15, 0.2) is 0 Å². The van der Waals surface area contributed by atoms with Crippen molar-refractivity contribution in [1.29, 1.82) is 0 Å². The Hall–Kier alpha value is -1.17. The average Bonchev–Trinajstić information content (AvgIpc) is 2.18. The van der Waals surface area contributed by atoms with Gasteiger partial charge in [0.25, 0.3) is 0 Å². The molecule has 0 atom stereocenters. The second kappa shape index (κ2) is 4.76. The molecule has 0 radical (unpaired) electrons. The fourth-order valence-corrected chi connectivity index (χ4v) is 1.62. The first-order chi connectivity index (χ1) is 6.27. The summed E-state index contributed by atoms with van der Waals surface area (Å²) in [5, 5.41) is 0. The van der Waals surface area contributed by atoms with Crippen LogP contribution in [0.25, 0.3) is 0 Å². The monoisotopic (exact) mass is 181 g/mol. The smallest absolute Gasteiger partial charge is 0.409 e. The Kier molecular flexibility index (Phi) is 3.63. The van der Waals surface area contributed by atoms with E-state index in [4.69, 9.17) is 6.42 Å². The average molecular weight is 181 g/mol. The molecule has 1 aliphatic heterocycles. The van der Waals surface area contributed by atoms with Gasteiger partial charge in [-0.2, -0.15) is 0 Å². The Labute approximate surface area is 79.1 Å². The van der Waals surface area contributed by atoms with Crippen LogP contribution in [0.5, 0.6) is 0 Å². The fraction of sp³-hybridized carbons (Fsp3) is 0.700. The summed E-state index contributed by atoms with van der Waals surface area (Å²) < 4.78 is 4.63. The predicted octanol–water partition coefficient (Wildman–Crippen LogP) is 1.49. The number of ether oxygens (including phenoxy) is 1. The molecule has 3 nitrogen and oxygen atoms in total. The van der Waals surface area contributed by atoms with Gasteiger partial charge in [-0.15, -0.1) is 12.3 Å². The molecule has 0 N–H and O–H groups in total. The Morgan fingerprint density at radius 1 is 1.62 bits per heavy atom. The number of rotatable bonds is 1. The van der Waals surface area contributed by atoms with Crippen LogP contribution in [0.4, 0.5) is 4.79 Å². The van der Waals surface area contributed by atoms with E-state index >= 15 is 0 Å². The summed E-state index contributed by atoms with van der Waals surface area (Å²) in [6.07, 6.45) is 7.83. The maximum Gasteiger partial charge on any atom is 0.409 e. The molecule has 1 amide bonds. The summed E-state index contributed by atoms with van der Waals surface area (Å²) in [5.41, 5.74) is 0. The molecule has 1 fully saturated rings. The van der Waals surface area contributed by atoms with E-state index in [9.17, 15) is 4.79 Å². The van der Waals surface area contributed by atoms with Gasteiger partial charge in [-0.05, 0) is 18.8 Å². The number of carbonyl (C=O) groups excluding carboxylic acids is 1. The summed E-state index contributed by atoms with van der Waals surface area (Å²) in [6.45, 7) is 1.55. The van der Waals surface area contributed by atoms with Crippen LogP contribution < -0.4 is 0 Å². The molecule has 0 aromatic heterocycles. The molecule has 0 aliphatic carbocycles. The zero-order valence-electron chi connectivity index (χ0n) is 7.95. The first-order valence-electron chi connectivity index (χ1n) is 4.54. The number of hydrogen-bond donors (Lipinski definition) is 0. The van der Waals surface area contributed by atoms with E-state index in [0.29, 0.717) is 5.92 Å². The molecule has 1 aliphatic rings. The molecule has 0 aromatic carbocycles. The molecule has 3 heteroatoms. The maximum absolute atomic E-state index is 11.1. The highest BCUT2D eigenvalue weighted by Gasteiger charge is 2.22. The number of likely N-dealkylation sites (tertiary alicyclic amines) is 1. The molecule has 1 heterocycles. The fourth-order valence-electron chi connectivity index (χ4n) is 1.62. The number of nitrogens with zero attached hydrogens (tertiary/aromatic N) is 1. The molecule has 0 spiro atoms. The van der Waals surface area contributed by atoms with Crippen molar-refractivity contribution in [1.82, 2.24) is 4.90 Å². The van der Waals surface area contributed by atoms with Crippen molar-refractivity contribution in [2.75, 3.05) is 20.2 Å². The lowest BCUT2D eigenvalue weighted by molar-refractivity contribution is 0.106. The van der Waals surface area contributed by atoms with Crippen LogP contribution >= 0.6 is 0 Å². The number of piperidine rings is 1. The van der Waals surface area contributed by atoms with Crippen molar-refractivity contribution in [2.24, 2.45) is 5.92 Å². The normalized spacial score (nSPS) is 18.0. The van der Waals surface area contributed by atoms with Gasteiger partial charge < -0.3 is 9.64 Å². The van der Waals surface area contributed by atoms with Crippen LogP contribution in [-0.4, -0.2) is 31.2 Å². The lowest BCUT2D eigenvalue weighted by Gasteiger charge is -2.29. The minimum Gasteiger partial charge on any atom is -0.453 e. The zero-order chi connectivity index (χ0) is 9.68. The van der Waals surface area contributed by atoms with E-state index in [2.05, 4.69) is 10.7 Å². The van der Waals surface area contributed by atoms with Gasteiger partial charge in [-0.25, -0.2) is 4.79 Å². The van der Waals surface area contributed by atoms with Crippen LogP contribution in [0, 0.1) is 18.3 Å². The van der Waals surface area contributed by atoms with Crippen LogP contribution in [0.2, 0.25) is 0 Å². The molecule has 0 unspecified atom stereocenters. The van der Waals surface area contributed by atoms with E-state index in [1.54, 1.807) is 4.90 Å². The highest BCUT2D eigenvalue weighted by atomic mass is 16.5. The van der Waals surface area contributed by atoms with Gasteiger partial charge in [0.1, 0.15) is 0 Å². The standard InChI is InChI=1S/C10H15NO2/c1-3-4-9-5-7-11(8-6-9)10(12)13-2/h1,9H,4-8H2,2H3. The third kappa shape index (κ3) is 2.66. The highest BCUT2D eigenvalue weighted by Crippen LogP contribution is 2.19. The molecular weight excluding hydrogens is 166 g/mol. The Bertz CT molecular complexity index is 211. The van der Waals surface area contributed by atoms with Crippen LogP contribution in [0.1, 0.15) is 19.3 Å². The number of methoxy groups -OCH3 is 1. The van der Waals surface area contributed by atoms with Crippen LogP contribution in [0.15, 0.2) is 0 Å². The number of hydrogen-bond acceptors (Lipinski definition) is 2. The molecule has 0 bridgehead atoms. The Balaban J connectivity index is 2.31. The Morgan fingerprint density at radius 2 is 2.23 bits per heavy atom. The molecule has 1 rings (SSSR count). The summed E-state index contributed by atoms with van der Waals surface area (Å²) in [7, 11) is 1.41. The second-order valence-corrected chi connectivity index (χ2v) is 3.31. The van der Waals surface area contributed by atoms with Crippen molar-refractivity contribution in [3.05, 3.63) is 0 Å². The van der Waals surface area contributed by atoms with E-state index in [0.717, 1.165) is 32.4 Å². The summed E-state index contributed by atoms with van der Waals surface area (Å²) in [5.74, 6) is 3.25. The predicted molar refractivity (Wildman–Crippen MR) is 50.2 cm³/mol. The molecule has 0 aromatic rings. The van der Waals surface area contributed by atoms with Crippen LogP contribution in [0.3, 0.4) is 0 Å². The van der Waals surface area contributed by atoms with Gasteiger partial charge in [-0.1, -0.05) is 0 Å². The zero-order valence-corrected chi connectivity index (χ0v) is 7.95. The van der Waals surface area contributed by atoms with E-state index in [1.807, 2.05) is 0 Å². The van der Waals surface area contributed by atoms with Crippen molar-refractivity contribution < 1.29 is 9.53 Å². The topological polar surface area (TPSA) is 29.5 Å². The first-order valence-corrected chi connectivity index (χ1v) is 4.54. The minimum atomic E-state index is -0.223. The highest BCUT2D eigenvalue weighted by molar-refractivity contribution is 5.67. The van der Waals surface area contributed by atoms with Crippen molar-refractivity contribution in [3.63, 3.8) is 0 Å². The summed E-state index contributed by atoms with van der Waals surface area (Å²) in [4.78, 5) is 12.8. The van der Waals surface area contributed by atoms with Crippen LogP contribution in [-0.2, 0) is 4.74 Å². The summed E-state index contributed by atoms with van der Waals surface area (Å²) >= 11 is 0. The minimum absolute atomic E-state index is 0.223. The summed E-state index contributed by atoms with van der Waals surface area (Å²) in [6, 6.07) is 0. The number of terminal acetylenes is 1. The van der Waals surface area contributed by atoms with Gasteiger partial charge in [-0.3, -0.25) is 0 Å². The van der Waals surface area contributed by atoms with Gasteiger partial charge in [0, 0.05) is 19.5 Å². The van der Waals surface area contributed by atoms with Crippen molar-refractivity contribution >= 4 is 6.09 Å². The lowest BCUT2D eigenvalue weighted by Crippen LogP contribution is -2.38. The molecule has 13 heavy (non-hydrogen) atoms. The second-order valence-electron chi connectivity index (χ2n) is 3.31. The van der Waals surface area contributed by atoms with E-state index in [1.165, 1.54) is 7.11 Å². The van der Waals surface area contributed by atoms with Crippen molar-refractivity contribution in [3.8, 4) is 12.3 Å². The molecule has 72 valence electrons. The SMILES string of the molecule is C#CCC1CCN(C(=O)OC)CC1. The number of carbonyl (C=O) groups is 1. The van der Waals surface area contributed by atoms with Crippen molar-refractivity contribution in [2.45, 2.75) is 19.3 Å². The quantitative estimate of drug-likeness (QED) is 0.573. The first kappa shape index (κ1) is 9.91. The maximum atomic E-state index is 11.1. The molecule has 1 saturated heterocycles. The molecular formula is C10H15NO2. The Morgan fingerprint density at radius 3 is 2.69 bits per heavy atom. The molecule has 0 saturated carbocycles. The third-order valence-corrected chi connectivity index (χ3v) is 2.45. The van der Waals surface area contributed by atoms with E-state index < -0.39 is 0 Å². The van der Waals surface area contributed by atoms with Gasteiger partial charge in [0.2, 0.25) is 0 Å². The van der Waals surface area contributed by atoms with Gasteiger partial charge in [0.05, 0.1) is 7.11 Å². The third-order valence-electron chi connectivity index (χ3n) is 2.45. The number of amides is 1. The van der Waals surface area contributed by atoms with Gasteiger partial charge >= 0.3 is 6.09 Å². The van der Waals surface area contributed by atoms with E-state index in [-0.39, 0.29) is 6.09 Å². The lowest BCUT2D eigenvalue weighted by atomic mass is 9.94.